The van der Waals surface area contributed by atoms with Gasteiger partial charge in [-0.3, -0.25) is 19.4 Å². The van der Waals surface area contributed by atoms with Gasteiger partial charge in [-0.1, -0.05) is 42.0 Å². The molecule has 0 radical (unpaired) electrons. The molecular formula is C25H26N4O4. The highest BCUT2D eigenvalue weighted by Gasteiger charge is 2.17. The maximum Gasteiger partial charge on any atom is 0.303 e. The predicted octanol–water partition coefficient (Wildman–Crippen LogP) is 5.27. The Morgan fingerprint density at radius 3 is 2.76 bits per heavy atom. The summed E-state index contributed by atoms with van der Waals surface area (Å²) >= 11 is 0. The van der Waals surface area contributed by atoms with Crippen molar-refractivity contribution in [1.29, 1.82) is 0 Å². The maximum absolute atomic E-state index is 12.6. The quantitative estimate of drug-likeness (QED) is 0.428. The third-order valence-corrected chi connectivity index (χ3v) is 5.79. The maximum atomic E-state index is 12.6. The Balaban J connectivity index is 1.60. The molecule has 0 atom stereocenters. The number of aromatic hydroxyl groups is 1. The van der Waals surface area contributed by atoms with Gasteiger partial charge in [-0.05, 0) is 55.9 Å². The van der Waals surface area contributed by atoms with Crippen LogP contribution < -0.4 is 5.56 Å². The Morgan fingerprint density at radius 2 is 1.97 bits per heavy atom. The second-order valence-electron chi connectivity index (χ2n) is 8.28. The van der Waals surface area contributed by atoms with Gasteiger partial charge in [0.25, 0.3) is 5.56 Å². The number of H-pyrrole nitrogens is 1. The number of nitrogens with one attached hydrogen (secondary N) is 1. The number of fused-ring (bicyclic) bond motifs is 1. The highest BCUT2D eigenvalue weighted by molar-refractivity contribution is 5.88. The molecule has 33 heavy (non-hydrogen) atoms. The summed E-state index contributed by atoms with van der Waals surface area (Å²) in [6, 6.07) is 11.7. The zero-order chi connectivity index (χ0) is 23.5. The van der Waals surface area contributed by atoms with E-state index in [-0.39, 0.29) is 35.6 Å². The lowest BCUT2D eigenvalue weighted by molar-refractivity contribution is -0.137. The minimum atomic E-state index is -0.909. The molecule has 0 bridgehead atoms. The first kappa shape index (κ1) is 22.3. The molecule has 0 aliphatic heterocycles. The summed E-state index contributed by atoms with van der Waals surface area (Å²) in [6.45, 7) is 4.01. The van der Waals surface area contributed by atoms with Crippen LogP contribution >= 0.6 is 0 Å². The number of phenols is 1. The van der Waals surface area contributed by atoms with Gasteiger partial charge in [0.15, 0.2) is 11.4 Å². The molecule has 0 spiro atoms. The summed E-state index contributed by atoms with van der Waals surface area (Å²) in [4.78, 5) is 23.3. The molecule has 8 nitrogen and oxygen atoms in total. The van der Waals surface area contributed by atoms with Crippen molar-refractivity contribution in [2.45, 2.75) is 46.1 Å². The number of benzene rings is 2. The summed E-state index contributed by atoms with van der Waals surface area (Å²) in [6.07, 6.45) is 4.11. The van der Waals surface area contributed by atoms with Crippen LogP contribution in [0, 0.1) is 13.8 Å². The lowest BCUT2D eigenvalue weighted by Crippen LogP contribution is -2.17. The van der Waals surface area contributed by atoms with Crippen molar-refractivity contribution in [2.75, 3.05) is 0 Å². The van der Waals surface area contributed by atoms with Crippen molar-refractivity contribution in [3.05, 3.63) is 74.7 Å². The minimum Gasteiger partial charge on any atom is -0.505 e. The molecular weight excluding hydrogens is 420 g/mol. The van der Waals surface area contributed by atoms with E-state index in [1.165, 1.54) is 15.8 Å². The van der Waals surface area contributed by atoms with Gasteiger partial charge in [0.2, 0.25) is 0 Å². The van der Waals surface area contributed by atoms with Gasteiger partial charge in [0, 0.05) is 18.5 Å². The lowest BCUT2D eigenvalue weighted by Gasteiger charge is -2.18. The van der Waals surface area contributed by atoms with Crippen molar-refractivity contribution in [2.24, 2.45) is 10.2 Å². The summed E-state index contributed by atoms with van der Waals surface area (Å²) in [5.41, 5.74) is 5.94. The van der Waals surface area contributed by atoms with E-state index in [9.17, 15) is 14.7 Å². The van der Waals surface area contributed by atoms with E-state index in [1.807, 2.05) is 12.1 Å². The van der Waals surface area contributed by atoms with Crippen molar-refractivity contribution in [1.82, 2.24) is 9.78 Å². The van der Waals surface area contributed by atoms with Crippen LogP contribution in [0.25, 0.3) is 11.6 Å². The number of nitrogens with zero attached hydrogens (tertiary/aromatic N) is 3. The summed E-state index contributed by atoms with van der Waals surface area (Å²) in [5, 5.41) is 30.8. The number of carboxylic acid groups (broad SMARTS) is 1. The van der Waals surface area contributed by atoms with Crippen LogP contribution in [-0.4, -0.2) is 26.0 Å². The van der Waals surface area contributed by atoms with E-state index in [0.29, 0.717) is 17.7 Å². The summed E-state index contributed by atoms with van der Waals surface area (Å²) < 4.78 is 1.33. The zero-order valence-corrected chi connectivity index (χ0v) is 18.6. The van der Waals surface area contributed by atoms with Crippen molar-refractivity contribution in [3.63, 3.8) is 0 Å². The number of allylic oxidation sites excluding steroid dienone is 1. The highest BCUT2D eigenvalue weighted by Crippen LogP contribution is 2.39. The van der Waals surface area contributed by atoms with Crippen LogP contribution in [0.1, 0.15) is 47.2 Å². The molecule has 3 N–H and O–H groups in total. The van der Waals surface area contributed by atoms with Gasteiger partial charge in [0.05, 0.1) is 5.69 Å². The van der Waals surface area contributed by atoms with Crippen molar-refractivity contribution < 1.29 is 15.0 Å². The number of rotatable bonds is 7. The minimum absolute atomic E-state index is 0.0259. The van der Waals surface area contributed by atoms with Crippen LogP contribution in [0.15, 0.2) is 51.4 Å². The number of azo groups is 1. The molecule has 1 aliphatic rings. The molecule has 0 unspecified atom stereocenters. The Morgan fingerprint density at radius 1 is 1.15 bits per heavy atom. The molecule has 8 heteroatoms. The molecule has 1 heterocycles. The highest BCUT2D eigenvalue weighted by atomic mass is 16.4. The van der Waals surface area contributed by atoms with Crippen LogP contribution in [0.3, 0.4) is 0 Å². The first-order chi connectivity index (χ1) is 15.8. The SMILES string of the molecule is Cc1ccc2c(c1)C=C(c1cccc(N=Nc3c(C)[nH]n(CCCC(=O)O)c3=O)c1O)CC2. The van der Waals surface area contributed by atoms with Crippen molar-refractivity contribution in [3.8, 4) is 5.75 Å². The van der Waals surface area contributed by atoms with E-state index in [4.69, 9.17) is 5.11 Å². The standard InChI is InChI=1S/C25H26N4O4/c1-15-8-9-17-10-11-18(14-19(17)13-15)20-5-3-6-21(24(20)32)26-27-23-16(2)28-29(25(23)33)12-4-7-22(30)31/h3,5-6,8-9,13-14,28,32H,4,7,10-12H2,1-2H3,(H,30,31). The number of para-hydroxylation sites is 1. The topological polar surface area (TPSA) is 120 Å². The van der Waals surface area contributed by atoms with Gasteiger partial charge in [-0.25, -0.2) is 0 Å². The van der Waals surface area contributed by atoms with Gasteiger partial charge in [0.1, 0.15) is 5.69 Å². The Bertz CT molecular complexity index is 1330. The zero-order valence-electron chi connectivity index (χ0n) is 18.6. The number of phenolic OH excluding ortho intramolecular Hbond substituents is 1. The van der Waals surface area contributed by atoms with Crippen LogP contribution in [-0.2, 0) is 17.8 Å². The first-order valence-corrected chi connectivity index (χ1v) is 10.9. The third-order valence-electron chi connectivity index (χ3n) is 5.79. The summed E-state index contributed by atoms with van der Waals surface area (Å²) in [5.74, 6) is -0.883. The average Bonchev–Trinajstić information content (AvgIpc) is 3.05. The molecule has 0 saturated carbocycles. The predicted molar refractivity (Wildman–Crippen MR) is 126 cm³/mol. The molecule has 2 aromatic carbocycles. The largest absolute Gasteiger partial charge is 0.505 e. The number of aliphatic carboxylic acids is 1. The van der Waals surface area contributed by atoms with E-state index < -0.39 is 5.97 Å². The molecule has 1 aromatic heterocycles. The van der Waals surface area contributed by atoms with Gasteiger partial charge < -0.3 is 10.2 Å². The number of hydrogen-bond donors (Lipinski definition) is 3. The number of carbonyl (C=O) groups is 1. The van der Waals surface area contributed by atoms with Crippen LogP contribution in [0.4, 0.5) is 11.4 Å². The molecule has 0 fully saturated rings. The second kappa shape index (κ2) is 9.28. The van der Waals surface area contributed by atoms with Crippen molar-refractivity contribution >= 4 is 29.0 Å². The van der Waals surface area contributed by atoms with Gasteiger partial charge in [-0.2, -0.15) is 0 Å². The normalized spacial score (nSPS) is 13.2. The fourth-order valence-corrected chi connectivity index (χ4v) is 4.05. The van der Waals surface area contributed by atoms with Gasteiger partial charge in [-0.15, -0.1) is 10.2 Å². The summed E-state index contributed by atoms with van der Waals surface area (Å²) in [7, 11) is 0. The molecule has 170 valence electrons. The Hall–Kier alpha value is -3.94. The molecule has 4 rings (SSSR count). The molecule has 0 saturated heterocycles. The third kappa shape index (κ3) is 4.79. The van der Waals surface area contributed by atoms with Gasteiger partial charge >= 0.3 is 5.97 Å². The fourth-order valence-electron chi connectivity index (χ4n) is 4.05. The second-order valence-corrected chi connectivity index (χ2v) is 8.28. The number of aryl methyl sites for hydroxylation is 4. The Kier molecular flexibility index (Phi) is 6.26. The van der Waals surface area contributed by atoms with E-state index >= 15 is 0 Å². The monoisotopic (exact) mass is 446 g/mol. The smallest absolute Gasteiger partial charge is 0.303 e. The number of carboxylic acids is 1. The van der Waals surface area contributed by atoms with E-state index in [2.05, 4.69) is 46.5 Å². The molecule has 3 aromatic rings. The molecule has 0 amide bonds. The number of aromatic amines is 1. The fraction of sp³-hybridized carbons (Fsp3) is 0.280. The first-order valence-electron chi connectivity index (χ1n) is 10.9. The molecule has 1 aliphatic carbocycles. The van der Waals surface area contributed by atoms with Crippen LogP contribution in [0.5, 0.6) is 5.75 Å². The number of aromatic nitrogens is 2. The average molecular weight is 447 g/mol. The van der Waals surface area contributed by atoms with Crippen LogP contribution in [0.2, 0.25) is 0 Å². The van der Waals surface area contributed by atoms with E-state index in [0.717, 1.165) is 24.0 Å². The lowest BCUT2D eigenvalue weighted by atomic mass is 9.87. The number of hydrogen-bond acceptors (Lipinski definition) is 5. The Labute approximate surface area is 190 Å². The van der Waals surface area contributed by atoms with E-state index in [1.54, 1.807) is 13.0 Å².